The lowest BCUT2D eigenvalue weighted by Gasteiger charge is -2.19. The topological polar surface area (TPSA) is 78.0 Å². The van der Waals surface area contributed by atoms with Gasteiger partial charge in [-0.2, -0.15) is 0 Å². The van der Waals surface area contributed by atoms with Gasteiger partial charge in [0.25, 0.3) is 0 Å². The number of anilines is 2. The summed E-state index contributed by atoms with van der Waals surface area (Å²) in [4.78, 5) is 31.1. The van der Waals surface area contributed by atoms with Gasteiger partial charge >= 0.3 is 11.9 Å². The standard InChI is InChI=1S/C27H22N2O5/c1-32-23-12-7-19-15-20-13-14-29(25(20)28-24(19)16-23)21-8-3-18(4-9-21)27(31)34-22-10-5-17(6-11-22)26(30)33-2/h3-12,15-16H,13-14H2,1-2H3. The van der Waals surface area contributed by atoms with E-state index in [1.165, 1.54) is 12.7 Å². The van der Waals surface area contributed by atoms with E-state index in [2.05, 4.69) is 15.7 Å². The van der Waals surface area contributed by atoms with E-state index in [0.29, 0.717) is 16.9 Å². The Morgan fingerprint density at radius 1 is 0.824 bits per heavy atom. The fourth-order valence-electron chi connectivity index (χ4n) is 4.04. The Balaban J connectivity index is 1.33. The zero-order valence-corrected chi connectivity index (χ0v) is 18.8. The molecule has 1 aliphatic heterocycles. The third-order valence-corrected chi connectivity index (χ3v) is 5.84. The Kier molecular flexibility index (Phi) is 5.59. The van der Waals surface area contributed by atoms with Crippen LogP contribution in [0, 0.1) is 0 Å². The van der Waals surface area contributed by atoms with Gasteiger partial charge in [-0.05, 0) is 78.7 Å². The van der Waals surface area contributed by atoms with E-state index in [1.807, 2.05) is 30.3 Å². The minimum Gasteiger partial charge on any atom is -0.497 e. The summed E-state index contributed by atoms with van der Waals surface area (Å²) in [6, 6.07) is 21.6. The predicted molar refractivity (Wildman–Crippen MR) is 128 cm³/mol. The molecule has 1 aliphatic rings. The van der Waals surface area contributed by atoms with Crippen molar-refractivity contribution in [3.05, 3.63) is 89.5 Å². The number of pyridine rings is 1. The fraction of sp³-hybridized carbons (Fsp3) is 0.148. The molecule has 0 saturated heterocycles. The number of hydrogen-bond donors (Lipinski definition) is 0. The maximum atomic E-state index is 12.6. The smallest absolute Gasteiger partial charge is 0.343 e. The number of rotatable bonds is 5. The van der Waals surface area contributed by atoms with E-state index in [9.17, 15) is 9.59 Å². The summed E-state index contributed by atoms with van der Waals surface area (Å²) in [5, 5.41) is 1.08. The average Bonchev–Trinajstić information content (AvgIpc) is 3.29. The molecule has 5 rings (SSSR count). The van der Waals surface area contributed by atoms with Crippen LogP contribution in [0.3, 0.4) is 0 Å². The average molecular weight is 454 g/mol. The Morgan fingerprint density at radius 3 is 2.21 bits per heavy atom. The number of esters is 2. The molecule has 0 radical (unpaired) electrons. The van der Waals surface area contributed by atoms with Crippen molar-refractivity contribution in [2.24, 2.45) is 0 Å². The molecule has 0 aliphatic carbocycles. The molecule has 4 aromatic rings. The molecule has 0 amide bonds. The molecule has 2 heterocycles. The molecule has 0 unspecified atom stereocenters. The summed E-state index contributed by atoms with van der Waals surface area (Å²) >= 11 is 0. The van der Waals surface area contributed by atoms with Gasteiger partial charge in [0.1, 0.15) is 17.3 Å². The van der Waals surface area contributed by atoms with E-state index < -0.39 is 11.9 Å². The van der Waals surface area contributed by atoms with Crippen molar-refractivity contribution in [3.8, 4) is 11.5 Å². The molecule has 7 nitrogen and oxygen atoms in total. The Labute approximate surface area is 196 Å². The van der Waals surface area contributed by atoms with Gasteiger partial charge in [-0.15, -0.1) is 0 Å². The van der Waals surface area contributed by atoms with Gasteiger partial charge in [-0.1, -0.05) is 0 Å². The minimum atomic E-state index is -0.476. The van der Waals surface area contributed by atoms with Crippen LogP contribution < -0.4 is 14.4 Å². The Bertz CT molecular complexity index is 1380. The number of fused-ring (bicyclic) bond motifs is 2. The van der Waals surface area contributed by atoms with Crippen LogP contribution in [0.25, 0.3) is 10.9 Å². The first kappa shape index (κ1) is 21.5. The summed E-state index contributed by atoms with van der Waals surface area (Å²) in [5.41, 5.74) is 3.83. The van der Waals surface area contributed by atoms with Crippen molar-refractivity contribution in [2.75, 3.05) is 25.7 Å². The molecule has 0 fully saturated rings. The van der Waals surface area contributed by atoms with Gasteiger partial charge in [-0.3, -0.25) is 0 Å². The number of carbonyl (C=O) groups excluding carboxylic acids is 2. The normalized spacial score (nSPS) is 12.4. The van der Waals surface area contributed by atoms with Crippen LogP contribution in [-0.2, 0) is 11.2 Å². The zero-order chi connectivity index (χ0) is 23.7. The van der Waals surface area contributed by atoms with Crippen LogP contribution in [0.15, 0.2) is 72.8 Å². The molecule has 0 saturated carbocycles. The lowest BCUT2D eigenvalue weighted by atomic mass is 10.1. The second kappa shape index (κ2) is 8.86. The maximum absolute atomic E-state index is 12.6. The Hall–Kier alpha value is -4.39. The monoisotopic (exact) mass is 454 g/mol. The molecular formula is C27H22N2O5. The van der Waals surface area contributed by atoms with Crippen molar-refractivity contribution < 1.29 is 23.8 Å². The third-order valence-electron chi connectivity index (χ3n) is 5.84. The number of nitrogens with zero attached hydrogens (tertiary/aromatic N) is 2. The van der Waals surface area contributed by atoms with Gasteiger partial charge in [0.15, 0.2) is 0 Å². The molecule has 0 spiro atoms. The quantitative estimate of drug-likeness (QED) is 0.312. The first-order valence-corrected chi connectivity index (χ1v) is 10.8. The summed E-state index contributed by atoms with van der Waals surface area (Å²) < 4.78 is 15.4. The first-order chi connectivity index (χ1) is 16.6. The van der Waals surface area contributed by atoms with Gasteiger partial charge in [0, 0.05) is 23.7 Å². The third kappa shape index (κ3) is 4.03. The largest absolute Gasteiger partial charge is 0.497 e. The number of hydrogen-bond acceptors (Lipinski definition) is 7. The summed E-state index contributed by atoms with van der Waals surface area (Å²) in [6.45, 7) is 0.812. The summed E-state index contributed by atoms with van der Waals surface area (Å²) in [5.74, 6) is 1.12. The molecule has 170 valence electrons. The van der Waals surface area contributed by atoms with E-state index in [0.717, 1.165) is 41.1 Å². The maximum Gasteiger partial charge on any atom is 0.343 e. The Morgan fingerprint density at radius 2 is 1.50 bits per heavy atom. The van der Waals surface area contributed by atoms with Crippen molar-refractivity contribution in [2.45, 2.75) is 6.42 Å². The molecule has 0 atom stereocenters. The van der Waals surface area contributed by atoms with Crippen molar-refractivity contribution in [1.29, 1.82) is 0 Å². The van der Waals surface area contributed by atoms with E-state index in [1.54, 1.807) is 43.5 Å². The van der Waals surface area contributed by atoms with Crippen LogP contribution in [0.5, 0.6) is 11.5 Å². The van der Waals surface area contributed by atoms with Crippen molar-refractivity contribution >= 4 is 34.3 Å². The number of aromatic nitrogens is 1. The highest BCUT2D eigenvalue weighted by atomic mass is 16.5. The SMILES string of the molecule is COC(=O)c1ccc(OC(=O)c2ccc(N3CCc4cc5ccc(OC)cc5nc43)cc2)cc1. The molecule has 0 bridgehead atoms. The number of methoxy groups -OCH3 is 2. The highest BCUT2D eigenvalue weighted by molar-refractivity contribution is 5.92. The summed E-state index contributed by atoms with van der Waals surface area (Å²) in [7, 11) is 2.96. The molecular weight excluding hydrogens is 432 g/mol. The minimum absolute atomic E-state index is 0.349. The number of ether oxygens (including phenoxy) is 3. The molecule has 34 heavy (non-hydrogen) atoms. The highest BCUT2D eigenvalue weighted by Gasteiger charge is 2.23. The van der Waals surface area contributed by atoms with Crippen LogP contribution in [-0.4, -0.2) is 37.7 Å². The van der Waals surface area contributed by atoms with Crippen LogP contribution in [0.2, 0.25) is 0 Å². The highest BCUT2D eigenvalue weighted by Crippen LogP contribution is 2.35. The van der Waals surface area contributed by atoms with Crippen LogP contribution in [0.1, 0.15) is 26.3 Å². The lowest BCUT2D eigenvalue weighted by Crippen LogP contribution is -2.15. The molecule has 7 heteroatoms. The van der Waals surface area contributed by atoms with Crippen LogP contribution >= 0.6 is 0 Å². The van der Waals surface area contributed by atoms with Gasteiger partial charge < -0.3 is 19.1 Å². The van der Waals surface area contributed by atoms with Gasteiger partial charge in [-0.25, -0.2) is 14.6 Å². The van der Waals surface area contributed by atoms with Gasteiger partial charge in [0.2, 0.25) is 0 Å². The van der Waals surface area contributed by atoms with Crippen molar-refractivity contribution in [1.82, 2.24) is 4.98 Å². The second-order valence-corrected chi connectivity index (χ2v) is 7.88. The first-order valence-electron chi connectivity index (χ1n) is 10.8. The number of benzene rings is 3. The van der Waals surface area contributed by atoms with Gasteiger partial charge in [0.05, 0.1) is 30.9 Å². The van der Waals surface area contributed by atoms with E-state index in [4.69, 9.17) is 14.5 Å². The fourth-order valence-corrected chi connectivity index (χ4v) is 4.04. The van der Waals surface area contributed by atoms with Crippen LogP contribution in [0.4, 0.5) is 11.5 Å². The van der Waals surface area contributed by atoms with E-state index in [-0.39, 0.29) is 0 Å². The molecule has 1 aromatic heterocycles. The molecule has 0 N–H and O–H groups in total. The summed E-state index contributed by atoms with van der Waals surface area (Å²) in [6.07, 6.45) is 0.898. The lowest BCUT2D eigenvalue weighted by molar-refractivity contribution is 0.0600. The zero-order valence-electron chi connectivity index (χ0n) is 18.8. The molecule has 3 aromatic carbocycles. The number of carbonyl (C=O) groups is 2. The van der Waals surface area contributed by atoms with E-state index >= 15 is 0 Å². The predicted octanol–water partition coefficient (Wildman–Crippen LogP) is 4.94. The van der Waals surface area contributed by atoms with Crippen molar-refractivity contribution in [3.63, 3.8) is 0 Å². The second-order valence-electron chi connectivity index (χ2n) is 7.88.